The minimum Gasteiger partial charge on any atom is -0.335 e. The van der Waals surface area contributed by atoms with Gasteiger partial charge in [-0.15, -0.1) is 0 Å². The first-order valence-electron chi connectivity index (χ1n) is 11.1. The lowest BCUT2D eigenvalue weighted by atomic mass is 9.80. The second kappa shape index (κ2) is 7.89. The van der Waals surface area contributed by atoms with Gasteiger partial charge in [-0.3, -0.25) is 4.79 Å². The molecule has 1 aliphatic carbocycles. The third-order valence-corrected chi connectivity index (χ3v) is 6.97. The van der Waals surface area contributed by atoms with Crippen LogP contribution in [0.25, 0.3) is 11.1 Å². The predicted octanol–water partition coefficient (Wildman–Crippen LogP) is 4.12. The predicted molar refractivity (Wildman–Crippen MR) is 114 cm³/mol. The van der Waals surface area contributed by atoms with Crippen LogP contribution in [0.15, 0.2) is 41.2 Å². The summed E-state index contributed by atoms with van der Waals surface area (Å²) in [7, 11) is 0. The van der Waals surface area contributed by atoms with Gasteiger partial charge in [0.25, 0.3) is 5.56 Å². The number of hydrogen-bond donors (Lipinski definition) is 1. The Morgan fingerprint density at radius 3 is 2.57 bits per heavy atom. The van der Waals surface area contributed by atoms with Crippen molar-refractivity contribution < 1.29 is 9.18 Å². The second-order valence-corrected chi connectivity index (χ2v) is 9.05. The second-order valence-electron chi connectivity index (χ2n) is 9.05. The van der Waals surface area contributed by atoms with Gasteiger partial charge in [-0.1, -0.05) is 37.5 Å². The van der Waals surface area contributed by atoms with Gasteiger partial charge in [-0.05, 0) is 37.3 Å². The van der Waals surface area contributed by atoms with E-state index in [2.05, 4.69) is 5.32 Å². The average molecular weight is 410 g/mol. The molecule has 3 heterocycles. The molecule has 2 amide bonds. The van der Waals surface area contributed by atoms with Gasteiger partial charge in [0, 0.05) is 54.5 Å². The lowest BCUT2D eigenvalue weighted by Crippen LogP contribution is -2.53. The molecule has 1 saturated carbocycles. The molecule has 6 heteroatoms. The number of urea groups is 1. The number of fused-ring (bicyclic) bond motifs is 4. The summed E-state index contributed by atoms with van der Waals surface area (Å²) in [6, 6.07) is 10.3. The van der Waals surface area contributed by atoms with Gasteiger partial charge in [-0.25, -0.2) is 9.18 Å². The Balaban J connectivity index is 1.45. The highest BCUT2D eigenvalue weighted by Gasteiger charge is 2.38. The summed E-state index contributed by atoms with van der Waals surface area (Å²) in [5, 5.41) is 3.23. The first kappa shape index (κ1) is 19.3. The molecule has 2 aliphatic heterocycles. The van der Waals surface area contributed by atoms with E-state index in [-0.39, 0.29) is 35.3 Å². The highest BCUT2D eigenvalue weighted by Crippen LogP contribution is 2.40. The number of piperidine rings is 1. The Morgan fingerprint density at radius 2 is 1.77 bits per heavy atom. The van der Waals surface area contributed by atoms with Crippen LogP contribution in [0.3, 0.4) is 0 Å². The summed E-state index contributed by atoms with van der Waals surface area (Å²) in [5.41, 5.74) is 2.12. The fraction of sp³-hybridized carbons (Fsp3) is 0.500. The molecule has 2 unspecified atom stereocenters. The van der Waals surface area contributed by atoms with Crippen molar-refractivity contribution in [2.24, 2.45) is 5.92 Å². The smallest absolute Gasteiger partial charge is 0.317 e. The summed E-state index contributed by atoms with van der Waals surface area (Å²) in [6.07, 6.45) is 6.66. The summed E-state index contributed by atoms with van der Waals surface area (Å²) < 4.78 is 16.4. The van der Waals surface area contributed by atoms with Crippen LogP contribution in [-0.4, -0.2) is 34.6 Å². The van der Waals surface area contributed by atoms with Crippen molar-refractivity contribution in [2.45, 2.75) is 57.0 Å². The van der Waals surface area contributed by atoms with E-state index in [1.54, 1.807) is 24.3 Å². The molecule has 2 bridgehead atoms. The number of rotatable bonds is 2. The quantitative estimate of drug-likeness (QED) is 0.811. The lowest BCUT2D eigenvalue weighted by Gasteiger charge is -2.44. The highest BCUT2D eigenvalue weighted by molar-refractivity contribution is 5.75. The Kier molecular flexibility index (Phi) is 5.09. The van der Waals surface area contributed by atoms with Crippen molar-refractivity contribution >= 4 is 6.03 Å². The lowest BCUT2D eigenvalue weighted by molar-refractivity contribution is 0.127. The number of likely N-dealkylation sites (tertiary alicyclic amines) is 1. The number of pyridine rings is 1. The van der Waals surface area contributed by atoms with Crippen LogP contribution in [0.1, 0.15) is 50.1 Å². The zero-order chi connectivity index (χ0) is 20.7. The molecular weight excluding hydrogens is 381 g/mol. The Labute approximate surface area is 175 Å². The fourth-order valence-corrected chi connectivity index (χ4v) is 5.60. The van der Waals surface area contributed by atoms with Crippen molar-refractivity contribution in [1.82, 2.24) is 14.8 Å². The monoisotopic (exact) mass is 409 g/mol. The Morgan fingerprint density at radius 1 is 0.967 bits per heavy atom. The van der Waals surface area contributed by atoms with Crippen LogP contribution in [0, 0.1) is 11.7 Å². The van der Waals surface area contributed by atoms with Gasteiger partial charge in [0.05, 0.1) is 0 Å². The minimum absolute atomic E-state index is 0.00997. The van der Waals surface area contributed by atoms with Crippen molar-refractivity contribution in [3.8, 4) is 11.1 Å². The molecule has 5 rings (SSSR count). The molecule has 0 spiro atoms. The SMILES string of the molecule is O=C(NC1CCCCC1)N1CC2CC(C1)c1c(-c3ccccc3F)ccc(=O)n1C2. The summed E-state index contributed by atoms with van der Waals surface area (Å²) in [6.45, 7) is 1.82. The summed E-state index contributed by atoms with van der Waals surface area (Å²) in [5.74, 6) is 0.00353. The van der Waals surface area contributed by atoms with E-state index >= 15 is 0 Å². The number of benzene rings is 1. The van der Waals surface area contributed by atoms with Crippen molar-refractivity contribution in [2.75, 3.05) is 13.1 Å². The zero-order valence-electron chi connectivity index (χ0n) is 17.1. The van der Waals surface area contributed by atoms with E-state index in [0.717, 1.165) is 30.5 Å². The Bertz CT molecular complexity index is 1010. The largest absolute Gasteiger partial charge is 0.335 e. The fourth-order valence-electron chi connectivity index (χ4n) is 5.60. The van der Waals surface area contributed by atoms with Crippen LogP contribution in [0.2, 0.25) is 0 Å². The minimum atomic E-state index is -0.288. The maximum absolute atomic E-state index is 14.6. The number of hydrogen-bond acceptors (Lipinski definition) is 2. The van der Waals surface area contributed by atoms with Crippen molar-refractivity contribution in [1.29, 1.82) is 0 Å². The van der Waals surface area contributed by atoms with Gasteiger partial charge in [0.2, 0.25) is 0 Å². The molecular formula is C24H28FN3O2. The number of nitrogens with one attached hydrogen (secondary N) is 1. The molecule has 1 saturated heterocycles. The molecule has 0 radical (unpaired) electrons. The molecule has 30 heavy (non-hydrogen) atoms. The van der Waals surface area contributed by atoms with E-state index in [1.165, 1.54) is 25.3 Å². The summed E-state index contributed by atoms with van der Waals surface area (Å²) >= 11 is 0. The van der Waals surface area contributed by atoms with Gasteiger partial charge in [-0.2, -0.15) is 0 Å². The number of carbonyl (C=O) groups excluding carboxylic acids is 1. The van der Waals surface area contributed by atoms with E-state index in [0.29, 0.717) is 25.2 Å². The standard InChI is InChI=1S/C24H28FN3O2/c25-21-9-5-4-8-19(21)20-10-11-22(29)28-14-16-12-17(23(20)28)15-27(13-16)24(30)26-18-6-2-1-3-7-18/h4-5,8-11,16-18H,1-3,6-7,12-15H2,(H,26,30). The summed E-state index contributed by atoms with van der Waals surface area (Å²) in [4.78, 5) is 27.5. The van der Waals surface area contributed by atoms with Gasteiger partial charge in [0.1, 0.15) is 5.82 Å². The van der Waals surface area contributed by atoms with Gasteiger partial charge in [0.15, 0.2) is 0 Å². The molecule has 1 aromatic heterocycles. The normalized spacial score (nSPS) is 23.7. The molecule has 1 aromatic carbocycles. The Hall–Kier alpha value is -2.63. The molecule has 2 aromatic rings. The van der Waals surface area contributed by atoms with Crippen LogP contribution >= 0.6 is 0 Å². The van der Waals surface area contributed by atoms with Crippen molar-refractivity contribution in [3.05, 3.63) is 58.3 Å². The topological polar surface area (TPSA) is 54.3 Å². The van der Waals surface area contributed by atoms with Crippen LogP contribution < -0.4 is 10.9 Å². The maximum Gasteiger partial charge on any atom is 0.317 e. The number of carbonyl (C=O) groups is 1. The number of nitrogens with zero attached hydrogens (tertiary/aromatic N) is 2. The average Bonchev–Trinajstić information content (AvgIpc) is 2.75. The third-order valence-electron chi connectivity index (χ3n) is 6.97. The highest BCUT2D eigenvalue weighted by atomic mass is 19.1. The van der Waals surface area contributed by atoms with Gasteiger partial charge >= 0.3 is 6.03 Å². The molecule has 5 nitrogen and oxygen atoms in total. The first-order chi connectivity index (χ1) is 14.6. The maximum atomic E-state index is 14.6. The molecule has 3 aliphatic rings. The molecule has 158 valence electrons. The number of aromatic nitrogens is 1. The van der Waals surface area contributed by atoms with Gasteiger partial charge < -0.3 is 14.8 Å². The van der Waals surface area contributed by atoms with Crippen LogP contribution in [0.4, 0.5) is 9.18 Å². The van der Waals surface area contributed by atoms with Crippen molar-refractivity contribution in [3.63, 3.8) is 0 Å². The van der Waals surface area contributed by atoms with E-state index in [4.69, 9.17) is 0 Å². The molecule has 2 atom stereocenters. The van der Waals surface area contributed by atoms with Crippen LogP contribution in [-0.2, 0) is 6.54 Å². The van der Waals surface area contributed by atoms with Crippen LogP contribution in [0.5, 0.6) is 0 Å². The third kappa shape index (κ3) is 3.53. The molecule has 1 N–H and O–H groups in total. The van der Waals surface area contributed by atoms with E-state index < -0.39 is 0 Å². The molecule has 2 fully saturated rings. The first-order valence-corrected chi connectivity index (χ1v) is 11.1. The number of halogens is 1. The van der Waals surface area contributed by atoms with E-state index in [9.17, 15) is 14.0 Å². The number of amides is 2. The van der Waals surface area contributed by atoms with E-state index in [1.807, 2.05) is 15.5 Å². The zero-order valence-corrected chi connectivity index (χ0v) is 17.1.